The lowest BCUT2D eigenvalue weighted by atomic mass is 10.1. The van der Waals surface area contributed by atoms with Gasteiger partial charge in [0.05, 0.1) is 16.6 Å². The molecule has 0 unspecified atom stereocenters. The number of benzene rings is 2. The zero-order valence-corrected chi connectivity index (χ0v) is 19.9. The normalized spacial score (nSPS) is 11.5. The van der Waals surface area contributed by atoms with Gasteiger partial charge in [-0.1, -0.05) is 12.1 Å². The topological polar surface area (TPSA) is 69.0 Å². The highest BCUT2D eigenvalue weighted by atomic mass is 19.4. The van der Waals surface area contributed by atoms with Crippen LogP contribution in [0.15, 0.2) is 85.3 Å². The summed E-state index contributed by atoms with van der Waals surface area (Å²) in [6.07, 6.45) is 0.767. The number of carbonyl (C=O) groups is 1. The number of nitrogens with one attached hydrogen (secondary N) is 1. The lowest BCUT2D eigenvalue weighted by molar-refractivity contribution is -0.137. The molecule has 186 valence electrons. The number of nitrogens with zero attached hydrogens (tertiary/aromatic N) is 3. The second-order valence-electron chi connectivity index (χ2n) is 8.53. The van der Waals surface area contributed by atoms with E-state index in [0.717, 1.165) is 28.6 Å². The fourth-order valence-electron chi connectivity index (χ4n) is 3.89. The minimum atomic E-state index is -4.51. The van der Waals surface area contributed by atoms with Crippen LogP contribution < -0.4 is 10.1 Å². The maximum Gasteiger partial charge on any atom is 0.416 e. The van der Waals surface area contributed by atoms with Gasteiger partial charge in [0.1, 0.15) is 17.1 Å². The second kappa shape index (κ2) is 9.42. The van der Waals surface area contributed by atoms with Crippen LogP contribution in [0.5, 0.6) is 11.5 Å². The number of carbonyl (C=O) groups excluding carboxylic acids is 1. The number of hydrogen-bond acceptors (Lipinski definition) is 4. The summed E-state index contributed by atoms with van der Waals surface area (Å²) in [5.74, 6) is 0.424. The third-order valence-corrected chi connectivity index (χ3v) is 5.87. The standard InChI is InChI=1S/C28H21F3N4O2/c1-17-8-9-18(27(36)33-21-7-3-6-20(14-21)28(29,30)31)13-24(17)37-25-15-23(19-5-4-11-32-16-19)34-26-22(25)10-12-35(26)2/h3-16H,1-2H3,(H,33,36). The van der Waals surface area contributed by atoms with Crippen molar-refractivity contribution >= 4 is 22.6 Å². The van der Waals surface area contributed by atoms with Gasteiger partial charge < -0.3 is 14.6 Å². The molecule has 0 fully saturated rings. The summed E-state index contributed by atoms with van der Waals surface area (Å²) in [6, 6.07) is 16.8. The van der Waals surface area contributed by atoms with E-state index in [2.05, 4.69) is 10.3 Å². The van der Waals surface area contributed by atoms with E-state index in [0.29, 0.717) is 22.8 Å². The van der Waals surface area contributed by atoms with E-state index < -0.39 is 17.6 Å². The van der Waals surface area contributed by atoms with Crippen LogP contribution in [0.1, 0.15) is 21.5 Å². The van der Waals surface area contributed by atoms with Gasteiger partial charge in [-0.15, -0.1) is 0 Å². The van der Waals surface area contributed by atoms with Crippen LogP contribution in [0.25, 0.3) is 22.3 Å². The number of aryl methyl sites for hydroxylation is 2. The molecular weight excluding hydrogens is 481 g/mol. The van der Waals surface area contributed by atoms with Crippen LogP contribution in [0, 0.1) is 6.92 Å². The molecule has 0 saturated heterocycles. The maximum absolute atomic E-state index is 13.0. The van der Waals surface area contributed by atoms with Crippen molar-refractivity contribution in [2.75, 3.05) is 5.32 Å². The highest BCUT2D eigenvalue weighted by Gasteiger charge is 2.30. The Hall–Kier alpha value is -4.66. The second-order valence-corrected chi connectivity index (χ2v) is 8.53. The molecule has 1 amide bonds. The Morgan fingerprint density at radius 2 is 1.84 bits per heavy atom. The first kappa shape index (κ1) is 24.1. The minimum absolute atomic E-state index is 0.0455. The fourth-order valence-corrected chi connectivity index (χ4v) is 3.89. The Morgan fingerprint density at radius 1 is 1.00 bits per heavy atom. The van der Waals surface area contributed by atoms with Crippen molar-refractivity contribution in [1.82, 2.24) is 14.5 Å². The molecule has 3 aromatic heterocycles. The highest BCUT2D eigenvalue weighted by molar-refractivity contribution is 6.04. The number of pyridine rings is 2. The zero-order valence-electron chi connectivity index (χ0n) is 19.9. The van der Waals surface area contributed by atoms with Gasteiger partial charge in [0.25, 0.3) is 5.91 Å². The molecule has 5 aromatic rings. The van der Waals surface area contributed by atoms with E-state index in [1.165, 1.54) is 12.1 Å². The third kappa shape index (κ3) is 5.02. The minimum Gasteiger partial charge on any atom is -0.456 e. The van der Waals surface area contributed by atoms with E-state index >= 15 is 0 Å². The van der Waals surface area contributed by atoms with E-state index in [1.807, 2.05) is 49.0 Å². The summed E-state index contributed by atoms with van der Waals surface area (Å²) in [5.41, 5.74) is 2.43. The first-order chi connectivity index (χ1) is 17.7. The van der Waals surface area contributed by atoms with Gasteiger partial charge in [-0.05, 0) is 61.0 Å². The van der Waals surface area contributed by atoms with E-state index in [1.54, 1.807) is 30.6 Å². The molecule has 0 aliphatic rings. The molecule has 1 N–H and O–H groups in total. The van der Waals surface area contributed by atoms with Crippen molar-refractivity contribution in [3.63, 3.8) is 0 Å². The predicted octanol–water partition coefficient (Wildman–Crippen LogP) is 7.01. The Morgan fingerprint density at radius 3 is 2.59 bits per heavy atom. The largest absolute Gasteiger partial charge is 0.456 e. The fraction of sp³-hybridized carbons (Fsp3) is 0.107. The Labute approximate surface area is 210 Å². The summed E-state index contributed by atoms with van der Waals surface area (Å²) >= 11 is 0. The molecule has 0 saturated carbocycles. The summed E-state index contributed by atoms with van der Waals surface area (Å²) < 4.78 is 47.3. The summed E-state index contributed by atoms with van der Waals surface area (Å²) in [7, 11) is 1.89. The van der Waals surface area contributed by atoms with Crippen molar-refractivity contribution in [1.29, 1.82) is 0 Å². The van der Waals surface area contributed by atoms with Crippen molar-refractivity contribution in [2.24, 2.45) is 7.05 Å². The molecule has 0 bridgehead atoms. The molecule has 0 atom stereocenters. The van der Waals surface area contributed by atoms with Crippen LogP contribution in [-0.4, -0.2) is 20.4 Å². The highest BCUT2D eigenvalue weighted by Crippen LogP contribution is 2.35. The third-order valence-electron chi connectivity index (χ3n) is 5.87. The van der Waals surface area contributed by atoms with Crippen molar-refractivity contribution < 1.29 is 22.7 Å². The number of hydrogen-bond donors (Lipinski definition) is 1. The Kier molecular flexibility index (Phi) is 6.12. The average Bonchev–Trinajstić information content (AvgIpc) is 3.26. The Balaban J connectivity index is 1.47. The number of amides is 1. The van der Waals surface area contributed by atoms with Gasteiger partial charge in [-0.2, -0.15) is 13.2 Å². The zero-order chi connectivity index (χ0) is 26.2. The van der Waals surface area contributed by atoms with Crippen LogP contribution in [0.2, 0.25) is 0 Å². The van der Waals surface area contributed by atoms with Crippen molar-refractivity contribution in [3.05, 3.63) is 102 Å². The molecule has 5 rings (SSSR count). The summed E-state index contributed by atoms with van der Waals surface area (Å²) in [6.45, 7) is 1.84. The first-order valence-corrected chi connectivity index (χ1v) is 11.3. The number of ether oxygens (including phenoxy) is 1. The van der Waals surface area contributed by atoms with Crippen LogP contribution >= 0.6 is 0 Å². The number of fused-ring (bicyclic) bond motifs is 1. The molecule has 3 heterocycles. The number of anilines is 1. The molecule has 0 aliphatic carbocycles. The van der Waals surface area contributed by atoms with Gasteiger partial charge in [-0.3, -0.25) is 9.78 Å². The van der Waals surface area contributed by atoms with Crippen LogP contribution in [-0.2, 0) is 13.2 Å². The molecule has 0 radical (unpaired) electrons. The number of alkyl halides is 3. The van der Waals surface area contributed by atoms with Gasteiger partial charge in [0.2, 0.25) is 0 Å². The van der Waals surface area contributed by atoms with E-state index in [-0.39, 0.29) is 11.3 Å². The Bertz CT molecular complexity index is 1610. The molecule has 0 aliphatic heterocycles. The lowest BCUT2D eigenvalue weighted by Crippen LogP contribution is -2.13. The van der Waals surface area contributed by atoms with Gasteiger partial charge >= 0.3 is 6.18 Å². The monoisotopic (exact) mass is 502 g/mol. The molecule has 37 heavy (non-hydrogen) atoms. The SMILES string of the molecule is Cc1ccc(C(=O)Nc2cccc(C(F)(F)F)c2)cc1Oc1cc(-c2cccnc2)nc2c1ccn2C. The maximum atomic E-state index is 13.0. The van der Waals surface area contributed by atoms with Gasteiger partial charge in [0.15, 0.2) is 0 Å². The molecular formula is C28H21F3N4O2. The lowest BCUT2D eigenvalue weighted by Gasteiger charge is -2.14. The van der Waals surface area contributed by atoms with E-state index in [9.17, 15) is 18.0 Å². The first-order valence-electron chi connectivity index (χ1n) is 11.3. The van der Waals surface area contributed by atoms with Gasteiger partial charge in [0, 0.05) is 48.5 Å². The van der Waals surface area contributed by atoms with Gasteiger partial charge in [-0.25, -0.2) is 4.98 Å². The summed E-state index contributed by atoms with van der Waals surface area (Å²) in [4.78, 5) is 21.8. The average molecular weight is 502 g/mol. The molecule has 2 aromatic carbocycles. The molecule has 9 heteroatoms. The smallest absolute Gasteiger partial charge is 0.416 e. The van der Waals surface area contributed by atoms with E-state index in [4.69, 9.17) is 9.72 Å². The van der Waals surface area contributed by atoms with Crippen LogP contribution in [0.3, 0.4) is 0 Å². The van der Waals surface area contributed by atoms with Crippen molar-refractivity contribution in [2.45, 2.75) is 13.1 Å². The molecule has 0 spiro atoms. The number of rotatable bonds is 5. The number of halogens is 3. The predicted molar refractivity (Wildman–Crippen MR) is 135 cm³/mol. The van der Waals surface area contributed by atoms with Crippen LogP contribution in [0.4, 0.5) is 18.9 Å². The molecule has 6 nitrogen and oxygen atoms in total. The summed E-state index contributed by atoms with van der Waals surface area (Å²) in [5, 5.41) is 3.32. The quantitative estimate of drug-likeness (QED) is 0.281. The van der Waals surface area contributed by atoms with Crippen molar-refractivity contribution in [3.8, 4) is 22.8 Å². The number of aromatic nitrogens is 3.